The van der Waals surface area contributed by atoms with E-state index in [-0.39, 0.29) is 37.2 Å². The highest BCUT2D eigenvalue weighted by Gasteiger charge is 2.64. The van der Waals surface area contributed by atoms with Crippen molar-refractivity contribution >= 4 is 44.7 Å². The fraction of sp³-hybridized carbons (Fsp3) is 0.643. The van der Waals surface area contributed by atoms with E-state index in [0.717, 1.165) is 49.8 Å². The highest BCUT2D eigenvalue weighted by molar-refractivity contribution is 7.91. The number of carbonyl (C=O) groups excluding carboxylic acids is 3. The summed E-state index contributed by atoms with van der Waals surface area (Å²) in [4.78, 5) is 64.8. The number of benzene rings is 1. The zero-order valence-electron chi connectivity index (χ0n) is 32.4. The molecule has 4 aliphatic carbocycles. The maximum absolute atomic E-state index is 15.2. The maximum Gasteiger partial charge on any atom is 0.408 e. The number of amides is 4. The van der Waals surface area contributed by atoms with Gasteiger partial charge in [0.05, 0.1) is 22.5 Å². The van der Waals surface area contributed by atoms with Gasteiger partial charge in [-0.3, -0.25) is 24.0 Å². The number of rotatable bonds is 6. The average molecular weight is 806 g/mol. The monoisotopic (exact) mass is 805 g/mol. The molecule has 4 amide bonds. The van der Waals surface area contributed by atoms with Gasteiger partial charge < -0.3 is 20.1 Å². The van der Waals surface area contributed by atoms with Gasteiger partial charge in [0.15, 0.2) is 0 Å². The largest absolute Gasteiger partial charge is 0.483 e. The lowest BCUT2D eigenvalue weighted by Gasteiger charge is -2.38. The summed E-state index contributed by atoms with van der Waals surface area (Å²) in [5.41, 5.74) is -0.288. The molecule has 3 aliphatic heterocycles. The molecule has 306 valence electrons. The number of aryl methyl sites for hydroxylation is 1. The molecule has 0 unspecified atom stereocenters. The number of fused-ring (bicyclic) bond motifs is 5. The number of carboxylic acid groups (broad SMARTS) is 1. The van der Waals surface area contributed by atoms with Crippen LogP contribution in [0.4, 0.5) is 9.18 Å². The minimum Gasteiger partial charge on any atom is -0.483 e. The van der Waals surface area contributed by atoms with Crippen LogP contribution in [0.2, 0.25) is 0 Å². The first-order valence-corrected chi connectivity index (χ1v) is 22.4. The molecule has 5 fully saturated rings. The summed E-state index contributed by atoms with van der Waals surface area (Å²) in [6.45, 7) is 1.59. The van der Waals surface area contributed by atoms with Crippen LogP contribution in [0.15, 0.2) is 30.4 Å². The summed E-state index contributed by atoms with van der Waals surface area (Å²) in [5, 5.41) is 14.3. The van der Waals surface area contributed by atoms with Crippen molar-refractivity contribution in [3.05, 3.63) is 47.4 Å². The molecule has 3 N–H and O–H groups in total. The maximum atomic E-state index is 15.2. The van der Waals surface area contributed by atoms with E-state index in [4.69, 9.17) is 9.72 Å². The molecule has 1 aromatic carbocycles. The van der Waals surface area contributed by atoms with Gasteiger partial charge in [-0.25, -0.2) is 22.6 Å². The third kappa shape index (κ3) is 6.84. The number of hydrogen-bond acceptors (Lipinski definition) is 8. The number of sulfonamides is 1. The first kappa shape index (κ1) is 38.3. The molecule has 2 aromatic rings. The van der Waals surface area contributed by atoms with E-state index in [1.165, 1.54) is 21.9 Å². The number of nitrogens with zero attached hydrogens (tertiary/aromatic N) is 3. The van der Waals surface area contributed by atoms with Gasteiger partial charge in [0.2, 0.25) is 21.8 Å². The van der Waals surface area contributed by atoms with Crippen molar-refractivity contribution in [2.24, 2.45) is 5.92 Å². The second kappa shape index (κ2) is 13.9. The number of pyridine rings is 1. The molecular weight excluding hydrogens is 754 g/mol. The van der Waals surface area contributed by atoms with Gasteiger partial charge in [-0.05, 0) is 102 Å². The Labute approximate surface area is 332 Å². The molecule has 4 saturated carbocycles. The number of hydrogen-bond donors (Lipinski definition) is 3. The zero-order valence-corrected chi connectivity index (χ0v) is 33.3. The van der Waals surface area contributed by atoms with Crippen LogP contribution in [0.1, 0.15) is 127 Å². The van der Waals surface area contributed by atoms with Gasteiger partial charge in [-0.2, -0.15) is 0 Å². The van der Waals surface area contributed by atoms with Crippen LogP contribution >= 0.6 is 0 Å². The van der Waals surface area contributed by atoms with Crippen LogP contribution in [0, 0.1) is 11.7 Å². The molecule has 9 rings (SSSR count). The van der Waals surface area contributed by atoms with Crippen LogP contribution in [-0.2, 0) is 30.8 Å². The van der Waals surface area contributed by atoms with Crippen molar-refractivity contribution in [3.8, 4) is 5.75 Å². The van der Waals surface area contributed by atoms with Crippen molar-refractivity contribution in [2.45, 2.75) is 156 Å². The highest BCUT2D eigenvalue weighted by atomic mass is 32.2. The lowest BCUT2D eigenvalue weighted by Crippen LogP contribution is -2.59. The van der Waals surface area contributed by atoms with E-state index in [1.807, 2.05) is 12.2 Å². The van der Waals surface area contributed by atoms with Gasteiger partial charge in [0, 0.05) is 35.2 Å². The summed E-state index contributed by atoms with van der Waals surface area (Å²) >= 11 is 0. The predicted molar refractivity (Wildman–Crippen MR) is 207 cm³/mol. The van der Waals surface area contributed by atoms with Crippen LogP contribution in [0.5, 0.6) is 5.75 Å². The van der Waals surface area contributed by atoms with Crippen LogP contribution in [0.3, 0.4) is 0 Å². The summed E-state index contributed by atoms with van der Waals surface area (Å²) in [5.74, 6) is -1.99. The number of halogens is 1. The summed E-state index contributed by atoms with van der Waals surface area (Å²) in [6, 6.07) is 2.05. The molecule has 1 spiro atoms. The summed E-state index contributed by atoms with van der Waals surface area (Å²) < 4.78 is 49.4. The Kier molecular flexibility index (Phi) is 9.36. The van der Waals surface area contributed by atoms with Gasteiger partial charge in [-0.1, -0.05) is 37.8 Å². The van der Waals surface area contributed by atoms with E-state index in [1.54, 1.807) is 13.0 Å². The average Bonchev–Trinajstić information content (AvgIpc) is 4.14. The van der Waals surface area contributed by atoms with Gasteiger partial charge in [-0.15, -0.1) is 0 Å². The number of carbonyl (C=O) groups is 4. The Morgan fingerprint density at radius 2 is 1.79 bits per heavy atom. The van der Waals surface area contributed by atoms with Crippen molar-refractivity contribution in [1.29, 1.82) is 0 Å². The third-order valence-corrected chi connectivity index (χ3v) is 16.2. The molecule has 7 aliphatic rings. The molecule has 1 saturated heterocycles. The highest BCUT2D eigenvalue weighted by Crippen LogP contribution is 2.52. The van der Waals surface area contributed by atoms with Crippen molar-refractivity contribution in [2.75, 3.05) is 6.54 Å². The molecule has 13 nitrogen and oxygen atoms in total. The van der Waals surface area contributed by atoms with Crippen LogP contribution in [0.25, 0.3) is 10.9 Å². The molecule has 0 radical (unpaired) electrons. The number of nitrogens with one attached hydrogen (secondary N) is 2. The Morgan fingerprint density at radius 1 is 1.04 bits per heavy atom. The number of allylic oxidation sites excluding steroid dienone is 1. The van der Waals surface area contributed by atoms with Crippen molar-refractivity contribution in [1.82, 2.24) is 24.8 Å². The van der Waals surface area contributed by atoms with Gasteiger partial charge in [0.25, 0.3) is 5.91 Å². The molecular formula is C42H52FN5O8S. The number of ether oxygens (including phenoxy) is 1. The third-order valence-electron chi connectivity index (χ3n) is 14.0. The second-order valence-electron chi connectivity index (χ2n) is 18.1. The summed E-state index contributed by atoms with van der Waals surface area (Å²) in [6.07, 6.45) is 12.7. The Hall–Kier alpha value is -4.27. The summed E-state index contributed by atoms with van der Waals surface area (Å²) in [7, 11) is -4.01. The molecule has 57 heavy (non-hydrogen) atoms. The molecule has 0 bridgehead atoms. The van der Waals surface area contributed by atoms with E-state index < -0.39 is 67.7 Å². The van der Waals surface area contributed by atoms with E-state index >= 15 is 4.79 Å². The van der Waals surface area contributed by atoms with Crippen LogP contribution < -0.4 is 14.8 Å². The standard InChI is InChI=1S/C42H52FN5O8S/c1-40(19-20-40)57(54,55)46-38(51)42-22-26(42)9-5-3-2-4-6-12-32(48(39(52)53)28-10-7-8-11-28)37(50)47-24-41(23-33(47)36(49)45-42)18-17-29-30-21-27(43)15-16-31(30)44-34(25-13-14-25)35(29)56-41/h5,9,15-16,21,25-26,28,32-33H,2-4,6-8,10-14,17-20,22-24H2,1H3,(H,45,49)(H,46,51)(H,52,53)/b9-5-/t26-,32+,33+,41-,42-/m1/s1. The fourth-order valence-corrected chi connectivity index (χ4v) is 11.3. The first-order valence-electron chi connectivity index (χ1n) is 20.9. The van der Waals surface area contributed by atoms with Crippen LogP contribution in [-0.4, -0.2) is 92.7 Å². The topological polar surface area (TPSA) is 175 Å². The Morgan fingerprint density at radius 3 is 2.51 bits per heavy atom. The lowest BCUT2D eigenvalue weighted by molar-refractivity contribution is -0.144. The van der Waals surface area contributed by atoms with Crippen molar-refractivity contribution < 1.29 is 41.8 Å². The Bertz CT molecular complexity index is 2170. The smallest absolute Gasteiger partial charge is 0.408 e. The second-order valence-corrected chi connectivity index (χ2v) is 20.3. The minimum atomic E-state index is -4.01. The molecule has 4 heterocycles. The molecule has 5 atom stereocenters. The predicted octanol–water partition coefficient (Wildman–Crippen LogP) is 5.60. The van der Waals surface area contributed by atoms with Crippen molar-refractivity contribution in [3.63, 3.8) is 0 Å². The molecule has 1 aromatic heterocycles. The SMILES string of the molecule is CC1(S(=O)(=O)NC(=O)[C@@]23C[C@H]2/C=C\CCCCC[C@H](N(C(=O)O)C2CCCC2)C(=O)N2C[C@@]4(CCc5c(c(C6CC6)nc6ccc(F)cc56)O4)C[C@H]2C(=O)N3)CC1. The fourth-order valence-electron chi connectivity index (χ4n) is 9.99. The van der Waals surface area contributed by atoms with Gasteiger partial charge in [0.1, 0.15) is 34.8 Å². The minimum absolute atomic E-state index is 0.00145. The molecule has 15 heteroatoms. The normalized spacial score (nSPS) is 31.9. The zero-order chi connectivity index (χ0) is 39.9. The Balaban J connectivity index is 1.10. The quantitative estimate of drug-likeness (QED) is 0.314. The number of aromatic nitrogens is 1. The lowest BCUT2D eigenvalue weighted by atomic mass is 9.86. The van der Waals surface area contributed by atoms with E-state index in [2.05, 4.69) is 10.0 Å². The first-order chi connectivity index (χ1) is 27.2. The van der Waals surface area contributed by atoms with E-state index in [9.17, 15) is 32.3 Å². The van der Waals surface area contributed by atoms with Gasteiger partial charge >= 0.3 is 6.09 Å². The van der Waals surface area contributed by atoms with E-state index in [0.29, 0.717) is 74.4 Å².